The highest BCUT2D eigenvalue weighted by Crippen LogP contribution is 2.61. The van der Waals surface area contributed by atoms with E-state index < -0.39 is 0 Å². The summed E-state index contributed by atoms with van der Waals surface area (Å²) in [6.45, 7) is 0. The smallest absolute Gasteiger partial charge is 0.258 e. The van der Waals surface area contributed by atoms with Crippen LogP contribution in [-0.4, -0.2) is 20.0 Å². The number of para-hydroxylation sites is 1. The Bertz CT molecular complexity index is 1190. The summed E-state index contributed by atoms with van der Waals surface area (Å²) >= 11 is 1.62. The van der Waals surface area contributed by atoms with Crippen molar-refractivity contribution < 1.29 is 4.42 Å². The topological polar surface area (TPSA) is 56.7 Å². The fourth-order valence-corrected chi connectivity index (χ4v) is 7.51. The number of nitrogens with zero attached hydrogens (tertiary/aromatic N) is 4. The van der Waals surface area contributed by atoms with Crippen LogP contribution in [0.3, 0.4) is 0 Å². The molecule has 3 heterocycles. The molecule has 1 aromatic carbocycles. The Labute approximate surface area is 185 Å². The number of hydrogen-bond acceptors (Lipinski definition) is 5. The zero-order chi connectivity index (χ0) is 20.4. The Kier molecular flexibility index (Phi) is 3.83. The van der Waals surface area contributed by atoms with Crippen molar-refractivity contribution >= 4 is 11.3 Å². The highest BCUT2D eigenvalue weighted by molar-refractivity contribution is 7.13. The van der Waals surface area contributed by atoms with Crippen molar-refractivity contribution in [2.75, 3.05) is 0 Å². The van der Waals surface area contributed by atoms with E-state index in [0.29, 0.717) is 11.8 Å². The minimum atomic E-state index is 0.154. The zero-order valence-corrected chi connectivity index (χ0v) is 18.1. The second-order valence-electron chi connectivity index (χ2n) is 9.76. The third kappa shape index (κ3) is 2.84. The van der Waals surface area contributed by atoms with Crippen LogP contribution in [0.4, 0.5) is 0 Å². The van der Waals surface area contributed by atoms with Crippen LogP contribution in [0.5, 0.6) is 0 Å². The molecule has 0 amide bonds. The SMILES string of the molecule is c1ccc(-n2cc(-c3nnc(-c4cccs4)o3)c(C34CC5CC(CC(C5)C3)C4)n2)cc1. The fourth-order valence-electron chi connectivity index (χ4n) is 6.87. The summed E-state index contributed by atoms with van der Waals surface area (Å²) in [5, 5.41) is 16.1. The maximum absolute atomic E-state index is 6.20. The molecule has 4 bridgehead atoms. The van der Waals surface area contributed by atoms with Crippen LogP contribution in [0.15, 0.2) is 58.5 Å². The third-order valence-corrected chi connectivity index (χ3v) is 8.52. The maximum Gasteiger partial charge on any atom is 0.258 e. The van der Waals surface area contributed by atoms with Crippen molar-refractivity contribution in [2.45, 2.75) is 43.9 Å². The molecule has 4 saturated carbocycles. The Morgan fingerprint density at radius 2 is 1.58 bits per heavy atom. The van der Waals surface area contributed by atoms with Gasteiger partial charge in [0.2, 0.25) is 0 Å². The first kappa shape index (κ1) is 17.9. The summed E-state index contributed by atoms with van der Waals surface area (Å²) in [5.41, 5.74) is 3.41. The molecule has 0 aliphatic heterocycles. The summed E-state index contributed by atoms with van der Waals surface area (Å²) in [7, 11) is 0. The predicted octanol–water partition coefficient (Wildman–Crippen LogP) is 6.12. The van der Waals surface area contributed by atoms with E-state index in [0.717, 1.165) is 33.9 Å². The van der Waals surface area contributed by atoms with Gasteiger partial charge in [-0.25, -0.2) is 4.68 Å². The first-order valence-electron chi connectivity index (χ1n) is 11.3. The normalized spacial score (nSPS) is 29.0. The Balaban J connectivity index is 1.38. The fraction of sp³-hybridized carbons (Fsp3) is 0.400. The van der Waals surface area contributed by atoms with Gasteiger partial charge >= 0.3 is 0 Å². The summed E-state index contributed by atoms with van der Waals surface area (Å²) in [6.07, 6.45) is 10.1. The summed E-state index contributed by atoms with van der Waals surface area (Å²) in [6, 6.07) is 14.4. The van der Waals surface area contributed by atoms with E-state index in [-0.39, 0.29) is 5.41 Å². The lowest BCUT2D eigenvalue weighted by atomic mass is 9.48. The maximum atomic E-state index is 6.20. The Hall–Kier alpha value is -2.73. The van der Waals surface area contributed by atoms with Crippen molar-refractivity contribution in [3.8, 4) is 27.9 Å². The van der Waals surface area contributed by atoms with Gasteiger partial charge in [0, 0.05) is 11.6 Å². The second kappa shape index (κ2) is 6.63. The molecule has 0 saturated heterocycles. The molecule has 156 valence electrons. The van der Waals surface area contributed by atoms with Crippen LogP contribution in [0.25, 0.3) is 27.9 Å². The molecular weight excluding hydrogens is 404 g/mol. The van der Waals surface area contributed by atoms with Gasteiger partial charge in [-0.2, -0.15) is 5.10 Å². The molecule has 0 spiro atoms. The van der Waals surface area contributed by atoms with Gasteiger partial charge in [-0.3, -0.25) is 0 Å². The molecule has 5 nitrogen and oxygen atoms in total. The van der Waals surface area contributed by atoms with Gasteiger partial charge in [-0.1, -0.05) is 24.3 Å². The predicted molar refractivity (Wildman–Crippen MR) is 120 cm³/mol. The number of rotatable bonds is 4. The van der Waals surface area contributed by atoms with Crippen LogP contribution in [0.1, 0.15) is 44.2 Å². The largest absolute Gasteiger partial charge is 0.415 e. The number of benzene rings is 1. The zero-order valence-electron chi connectivity index (χ0n) is 17.3. The van der Waals surface area contributed by atoms with E-state index in [2.05, 4.69) is 40.7 Å². The minimum absolute atomic E-state index is 0.154. The third-order valence-electron chi connectivity index (χ3n) is 7.66. The van der Waals surface area contributed by atoms with Crippen LogP contribution in [0, 0.1) is 17.8 Å². The molecule has 6 heteroatoms. The van der Waals surface area contributed by atoms with E-state index in [9.17, 15) is 0 Å². The van der Waals surface area contributed by atoms with Crippen LogP contribution >= 0.6 is 11.3 Å². The average Bonchev–Trinajstić information content (AvgIpc) is 3.53. The average molecular weight is 429 g/mol. The van der Waals surface area contributed by atoms with Gasteiger partial charge in [-0.15, -0.1) is 21.5 Å². The van der Waals surface area contributed by atoms with Gasteiger partial charge in [0.15, 0.2) is 0 Å². The Morgan fingerprint density at radius 3 is 2.26 bits per heavy atom. The van der Waals surface area contributed by atoms with Gasteiger partial charge in [-0.05, 0) is 79.9 Å². The van der Waals surface area contributed by atoms with E-state index in [1.807, 2.05) is 28.3 Å². The molecular formula is C25H24N4OS. The summed E-state index contributed by atoms with van der Waals surface area (Å²) < 4.78 is 8.21. The molecule has 31 heavy (non-hydrogen) atoms. The van der Waals surface area contributed by atoms with Gasteiger partial charge in [0.25, 0.3) is 11.8 Å². The lowest BCUT2D eigenvalue weighted by Gasteiger charge is -2.56. The number of aromatic nitrogens is 4. The van der Waals surface area contributed by atoms with E-state index in [4.69, 9.17) is 9.52 Å². The van der Waals surface area contributed by atoms with Crippen molar-refractivity contribution in [2.24, 2.45) is 17.8 Å². The van der Waals surface area contributed by atoms with Crippen LogP contribution < -0.4 is 0 Å². The van der Waals surface area contributed by atoms with Crippen LogP contribution in [0.2, 0.25) is 0 Å². The first-order chi connectivity index (χ1) is 15.3. The molecule has 4 aliphatic carbocycles. The summed E-state index contributed by atoms with van der Waals surface area (Å²) in [5.74, 6) is 3.74. The highest BCUT2D eigenvalue weighted by atomic mass is 32.1. The Morgan fingerprint density at radius 1 is 0.871 bits per heavy atom. The van der Waals surface area contributed by atoms with Crippen molar-refractivity contribution in [1.82, 2.24) is 20.0 Å². The molecule has 0 unspecified atom stereocenters. The molecule has 0 radical (unpaired) electrons. The van der Waals surface area contributed by atoms with E-state index in [1.165, 1.54) is 44.2 Å². The quantitative estimate of drug-likeness (QED) is 0.393. The summed E-state index contributed by atoms with van der Waals surface area (Å²) in [4.78, 5) is 1.01. The molecule has 4 aliphatic rings. The molecule has 8 rings (SSSR count). The number of thiophene rings is 1. The van der Waals surface area contributed by atoms with Crippen molar-refractivity contribution in [1.29, 1.82) is 0 Å². The molecule has 4 fully saturated rings. The molecule has 0 N–H and O–H groups in total. The monoisotopic (exact) mass is 428 g/mol. The van der Waals surface area contributed by atoms with Gasteiger partial charge < -0.3 is 4.42 Å². The van der Waals surface area contributed by atoms with Crippen LogP contribution in [-0.2, 0) is 5.41 Å². The van der Waals surface area contributed by atoms with E-state index >= 15 is 0 Å². The van der Waals surface area contributed by atoms with Crippen molar-refractivity contribution in [3.63, 3.8) is 0 Å². The van der Waals surface area contributed by atoms with E-state index in [1.54, 1.807) is 11.3 Å². The lowest BCUT2D eigenvalue weighted by molar-refractivity contribution is -0.00714. The number of hydrogen-bond donors (Lipinski definition) is 0. The standard InChI is InChI=1S/C25H24N4OS/c1-2-5-19(6-3-1)29-15-20(23-26-27-24(30-23)21-7-4-8-31-21)22(28-29)25-12-16-9-17(13-25)11-18(10-16)14-25/h1-8,15-18H,9-14H2. The highest BCUT2D eigenvalue weighted by Gasteiger charge is 2.53. The van der Waals surface area contributed by atoms with Gasteiger partial charge in [0.1, 0.15) is 0 Å². The molecule has 0 atom stereocenters. The lowest BCUT2D eigenvalue weighted by Crippen LogP contribution is -2.49. The molecule has 4 aromatic rings. The van der Waals surface area contributed by atoms with Crippen molar-refractivity contribution in [3.05, 3.63) is 59.7 Å². The first-order valence-corrected chi connectivity index (χ1v) is 12.2. The molecule has 3 aromatic heterocycles. The second-order valence-corrected chi connectivity index (χ2v) is 10.7. The van der Waals surface area contributed by atoms with Gasteiger partial charge in [0.05, 0.1) is 21.8 Å². The minimum Gasteiger partial charge on any atom is -0.415 e.